The summed E-state index contributed by atoms with van der Waals surface area (Å²) in [6, 6.07) is 0. The van der Waals surface area contributed by atoms with Gasteiger partial charge >= 0.3 is 6.18 Å². The van der Waals surface area contributed by atoms with Crippen LogP contribution in [-0.2, 0) is 4.79 Å². The van der Waals surface area contributed by atoms with E-state index in [4.69, 9.17) is 10.9 Å². The average molecular weight is 199 g/mol. The zero-order chi connectivity index (χ0) is 10.5. The van der Waals surface area contributed by atoms with Crippen molar-refractivity contribution in [2.24, 2.45) is 10.9 Å². The number of alkyl halides is 3. The maximum absolute atomic E-state index is 11.5. The molecule has 0 aliphatic heterocycles. The number of nitrogens with one attached hydrogen (secondary N) is 1. The molecule has 5 nitrogen and oxygen atoms in total. The standard InChI is InChI=1S/C5H8F3N3O2/c6-5(7,8)1-4(12)10-2-3(9)11-13/h13H,1-2H2,(H2,9,11)(H,10,12). The Hall–Kier alpha value is -1.47. The molecule has 0 heterocycles. The van der Waals surface area contributed by atoms with Crippen LogP contribution in [0.15, 0.2) is 5.16 Å². The van der Waals surface area contributed by atoms with Crippen molar-refractivity contribution in [1.82, 2.24) is 5.32 Å². The molecular formula is C5H8F3N3O2. The number of hydrogen-bond donors (Lipinski definition) is 3. The number of carbonyl (C=O) groups excluding carboxylic acids is 1. The van der Waals surface area contributed by atoms with E-state index in [0.717, 1.165) is 0 Å². The fourth-order valence-electron chi connectivity index (χ4n) is 0.469. The van der Waals surface area contributed by atoms with Crippen LogP contribution in [-0.4, -0.2) is 29.7 Å². The topological polar surface area (TPSA) is 87.7 Å². The minimum absolute atomic E-state index is 0.365. The van der Waals surface area contributed by atoms with Crippen LogP contribution in [0, 0.1) is 0 Å². The summed E-state index contributed by atoms with van der Waals surface area (Å²) in [5.74, 6) is -1.59. The van der Waals surface area contributed by atoms with Gasteiger partial charge in [0.25, 0.3) is 0 Å². The predicted octanol–water partition coefficient (Wildman–Crippen LogP) is -0.199. The number of halogens is 3. The van der Waals surface area contributed by atoms with Crippen molar-refractivity contribution in [3.63, 3.8) is 0 Å². The number of nitrogens with zero attached hydrogens (tertiary/aromatic N) is 1. The summed E-state index contributed by atoms with van der Waals surface area (Å²) in [6.45, 7) is -0.411. The Bertz CT molecular complexity index is 214. The van der Waals surface area contributed by atoms with E-state index in [1.54, 1.807) is 0 Å². The monoisotopic (exact) mass is 199 g/mol. The molecule has 0 fully saturated rings. The van der Waals surface area contributed by atoms with Crippen molar-refractivity contribution in [2.75, 3.05) is 6.54 Å². The van der Waals surface area contributed by atoms with Crippen molar-refractivity contribution >= 4 is 11.7 Å². The molecule has 0 saturated heterocycles. The summed E-state index contributed by atoms with van der Waals surface area (Å²) in [5, 5.41) is 12.2. The molecule has 0 unspecified atom stereocenters. The van der Waals surface area contributed by atoms with E-state index >= 15 is 0 Å². The van der Waals surface area contributed by atoms with Crippen LogP contribution in [0.2, 0.25) is 0 Å². The minimum atomic E-state index is -4.55. The molecular weight excluding hydrogens is 191 g/mol. The van der Waals surface area contributed by atoms with Gasteiger partial charge in [-0.15, -0.1) is 0 Å². The van der Waals surface area contributed by atoms with E-state index in [1.165, 1.54) is 0 Å². The Kier molecular flexibility index (Phi) is 4.02. The van der Waals surface area contributed by atoms with Gasteiger partial charge in [0.15, 0.2) is 5.84 Å². The van der Waals surface area contributed by atoms with Crippen LogP contribution in [0.3, 0.4) is 0 Å². The fourth-order valence-corrected chi connectivity index (χ4v) is 0.469. The highest BCUT2D eigenvalue weighted by Crippen LogP contribution is 2.18. The first-order valence-corrected chi connectivity index (χ1v) is 3.15. The first-order valence-electron chi connectivity index (χ1n) is 3.15. The lowest BCUT2D eigenvalue weighted by atomic mass is 10.4. The second-order valence-electron chi connectivity index (χ2n) is 2.16. The Morgan fingerprint density at radius 3 is 2.46 bits per heavy atom. The first-order chi connectivity index (χ1) is 5.85. The normalized spacial score (nSPS) is 12.7. The molecule has 4 N–H and O–H groups in total. The molecule has 13 heavy (non-hydrogen) atoms. The van der Waals surface area contributed by atoms with Crippen molar-refractivity contribution in [1.29, 1.82) is 0 Å². The third-order valence-corrected chi connectivity index (χ3v) is 0.956. The summed E-state index contributed by atoms with van der Waals surface area (Å²) in [7, 11) is 0. The summed E-state index contributed by atoms with van der Waals surface area (Å²) in [5.41, 5.74) is 4.89. The predicted molar refractivity (Wildman–Crippen MR) is 37.1 cm³/mol. The third-order valence-electron chi connectivity index (χ3n) is 0.956. The molecule has 1 amide bonds. The molecule has 0 aromatic rings. The van der Waals surface area contributed by atoms with Crippen molar-refractivity contribution in [2.45, 2.75) is 12.6 Å². The quantitative estimate of drug-likeness (QED) is 0.254. The average Bonchev–Trinajstić information content (AvgIpc) is 1.97. The third kappa shape index (κ3) is 6.91. The van der Waals surface area contributed by atoms with Crippen LogP contribution in [0.4, 0.5) is 13.2 Å². The SMILES string of the molecule is N/C(CNC(=O)CC(F)(F)F)=N/O. The molecule has 76 valence electrons. The van der Waals surface area contributed by atoms with Gasteiger partial charge < -0.3 is 16.3 Å². The van der Waals surface area contributed by atoms with Gasteiger partial charge in [-0.3, -0.25) is 4.79 Å². The summed E-state index contributed by atoms with van der Waals surface area (Å²) in [6.07, 6.45) is -6.12. The molecule has 0 rings (SSSR count). The van der Waals surface area contributed by atoms with Crippen LogP contribution >= 0.6 is 0 Å². The Labute approximate surface area is 71.4 Å². The van der Waals surface area contributed by atoms with Crippen molar-refractivity contribution in [3.8, 4) is 0 Å². The van der Waals surface area contributed by atoms with E-state index in [0.29, 0.717) is 0 Å². The minimum Gasteiger partial charge on any atom is -0.409 e. The van der Waals surface area contributed by atoms with Gasteiger partial charge in [-0.05, 0) is 0 Å². The number of oxime groups is 1. The number of amides is 1. The van der Waals surface area contributed by atoms with E-state index in [2.05, 4.69) is 5.16 Å². The van der Waals surface area contributed by atoms with Crippen molar-refractivity contribution in [3.05, 3.63) is 0 Å². The maximum atomic E-state index is 11.5. The second-order valence-corrected chi connectivity index (χ2v) is 2.16. The first kappa shape index (κ1) is 11.5. The van der Waals surface area contributed by atoms with Crippen LogP contribution in [0.25, 0.3) is 0 Å². The smallest absolute Gasteiger partial charge is 0.397 e. The zero-order valence-corrected chi connectivity index (χ0v) is 6.43. The van der Waals surface area contributed by atoms with Gasteiger partial charge in [0.2, 0.25) is 5.91 Å². The van der Waals surface area contributed by atoms with Gasteiger partial charge in [0.1, 0.15) is 6.42 Å². The van der Waals surface area contributed by atoms with Crippen molar-refractivity contribution < 1.29 is 23.2 Å². The van der Waals surface area contributed by atoms with Gasteiger partial charge in [0.05, 0.1) is 6.54 Å². The maximum Gasteiger partial charge on any atom is 0.397 e. The molecule has 0 aromatic carbocycles. The van der Waals surface area contributed by atoms with Crippen LogP contribution in [0.1, 0.15) is 6.42 Å². The van der Waals surface area contributed by atoms with E-state index < -0.39 is 25.0 Å². The lowest BCUT2D eigenvalue weighted by molar-refractivity contribution is -0.153. The van der Waals surface area contributed by atoms with Gasteiger partial charge in [-0.2, -0.15) is 13.2 Å². The second kappa shape index (κ2) is 4.53. The highest BCUT2D eigenvalue weighted by molar-refractivity contribution is 5.86. The zero-order valence-electron chi connectivity index (χ0n) is 6.43. The molecule has 0 spiro atoms. The molecule has 0 bridgehead atoms. The lowest BCUT2D eigenvalue weighted by Gasteiger charge is -2.06. The fraction of sp³-hybridized carbons (Fsp3) is 0.600. The summed E-state index contributed by atoms with van der Waals surface area (Å²) >= 11 is 0. The number of hydrogen-bond acceptors (Lipinski definition) is 3. The summed E-state index contributed by atoms with van der Waals surface area (Å²) in [4.78, 5) is 10.5. The molecule has 0 radical (unpaired) electrons. The molecule has 0 aliphatic rings. The number of rotatable bonds is 3. The molecule has 8 heteroatoms. The van der Waals surface area contributed by atoms with Crippen LogP contribution < -0.4 is 11.1 Å². The number of carbonyl (C=O) groups is 1. The summed E-state index contributed by atoms with van der Waals surface area (Å²) < 4.78 is 34.6. The van der Waals surface area contributed by atoms with Crippen LogP contribution in [0.5, 0.6) is 0 Å². The number of nitrogens with two attached hydrogens (primary N) is 1. The molecule has 0 atom stereocenters. The van der Waals surface area contributed by atoms with Gasteiger partial charge in [-0.1, -0.05) is 5.16 Å². The van der Waals surface area contributed by atoms with E-state index in [9.17, 15) is 18.0 Å². The largest absolute Gasteiger partial charge is 0.409 e. The van der Waals surface area contributed by atoms with Gasteiger partial charge in [-0.25, -0.2) is 0 Å². The Morgan fingerprint density at radius 1 is 1.54 bits per heavy atom. The van der Waals surface area contributed by atoms with Gasteiger partial charge in [0, 0.05) is 0 Å². The Morgan fingerprint density at radius 2 is 2.08 bits per heavy atom. The number of amidine groups is 1. The Balaban J connectivity index is 3.77. The van der Waals surface area contributed by atoms with E-state index in [1.807, 2.05) is 5.32 Å². The highest BCUT2D eigenvalue weighted by atomic mass is 19.4. The lowest BCUT2D eigenvalue weighted by Crippen LogP contribution is -2.35. The molecule has 0 aromatic heterocycles. The molecule has 0 saturated carbocycles. The molecule has 0 aliphatic carbocycles. The van der Waals surface area contributed by atoms with E-state index in [-0.39, 0.29) is 5.84 Å². The highest BCUT2D eigenvalue weighted by Gasteiger charge is 2.30.